The van der Waals surface area contributed by atoms with Crippen LogP contribution in [0.1, 0.15) is 97.1 Å². The summed E-state index contributed by atoms with van der Waals surface area (Å²) in [6.07, 6.45) is 8.35. The number of aromatic carboxylic acids is 1. The smallest absolute Gasteiger partial charge is 0.335 e. The van der Waals surface area contributed by atoms with E-state index in [1.54, 1.807) is 6.07 Å². The third-order valence-electron chi connectivity index (χ3n) is 7.94. The lowest BCUT2D eigenvalue weighted by molar-refractivity contribution is 0.0695. The number of carboxylic acids is 1. The maximum atomic E-state index is 11.6. The fourth-order valence-corrected chi connectivity index (χ4v) is 5.58. The predicted molar refractivity (Wildman–Crippen MR) is 151 cm³/mol. The van der Waals surface area contributed by atoms with E-state index in [0.29, 0.717) is 12.0 Å². The Morgan fingerprint density at radius 1 is 0.944 bits per heavy atom. The average Bonchev–Trinajstić information content (AvgIpc) is 2.85. The van der Waals surface area contributed by atoms with Crippen molar-refractivity contribution in [1.82, 2.24) is 0 Å². The molecule has 1 atom stereocenters. The quantitative estimate of drug-likeness (QED) is 0.351. The molecule has 3 heteroatoms. The van der Waals surface area contributed by atoms with Crippen LogP contribution in [0.5, 0.6) is 0 Å². The summed E-state index contributed by atoms with van der Waals surface area (Å²) in [5, 5.41) is 10.2. The van der Waals surface area contributed by atoms with Gasteiger partial charge in [-0.05, 0) is 88.1 Å². The van der Waals surface area contributed by atoms with E-state index in [1.807, 2.05) is 31.2 Å². The molecular formula is C33H37ClO2. The van der Waals surface area contributed by atoms with E-state index >= 15 is 0 Å². The molecule has 4 rings (SSSR count). The van der Waals surface area contributed by atoms with Gasteiger partial charge < -0.3 is 5.11 Å². The van der Waals surface area contributed by atoms with Crippen LogP contribution in [-0.4, -0.2) is 11.1 Å². The first kappa shape index (κ1) is 26.2. The van der Waals surface area contributed by atoms with Gasteiger partial charge in [0.05, 0.1) is 5.56 Å². The molecule has 1 unspecified atom stereocenters. The lowest BCUT2D eigenvalue weighted by Gasteiger charge is -2.42. The number of carbonyl (C=O) groups is 1. The highest BCUT2D eigenvalue weighted by Gasteiger charge is 2.37. The van der Waals surface area contributed by atoms with Gasteiger partial charge in [0.25, 0.3) is 0 Å². The number of carboxylic acid groups (broad SMARTS) is 1. The highest BCUT2D eigenvalue weighted by Crippen LogP contribution is 2.46. The van der Waals surface area contributed by atoms with Crippen LogP contribution in [0, 0.1) is 0 Å². The Morgan fingerprint density at radius 2 is 1.61 bits per heavy atom. The van der Waals surface area contributed by atoms with Crippen LogP contribution >= 0.6 is 11.6 Å². The van der Waals surface area contributed by atoms with Crippen molar-refractivity contribution in [2.75, 3.05) is 0 Å². The first-order valence-electron chi connectivity index (χ1n) is 12.9. The van der Waals surface area contributed by atoms with E-state index in [-0.39, 0.29) is 16.7 Å². The average molecular weight is 501 g/mol. The highest BCUT2D eigenvalue weighted by molar-refractivity contribution is 6.30. The minimum Gasteiger partial charge on any atom is -0.478 e. The molecule has 36 heavy (non-hydrogen) atoms. The van der Waals surface area contributed by atoms with Gasteiger partial charge in [-0.2, -0.15) is 0 Å². The van der Waals surface area contributed by atoms with Crippen molar-refractivity contribution >= 4 is 23.6 Å². The molecule has 1 N–H and O–H groups in total. The fraction of sp³-hybridized carbons (Fsp3) is 0.364. The monoisotopic (exact) mass is 500 g/mol. The maximum absolute atomic E-state index is 11.6. The zero-order chi connectivity index (χ0) is 26.1. The van der Waals surface area contributed by atoms with E-state index in [1.165, 1.54) is 35.1 Å². The van der Waals surface area contributed by atoms with Gasteiger partial charge in [-0.25, -0.2) is 4.79 Å². The number of hydrogen-bond acceptors (Lipinski definition) is 1. The number of rotatable bonds is 7. The Bertz CT molecular complexity index is 1280. The summed E-state index contributed by atoms with van der Waals surface area (Å²) in [7, 11) is 0. The zero-order valence-corrected chi connectivity index (χ0v) is 22.8. The van der Waals surface area contributed by atoms with Crippen LogP contribution in [0.4, 0.5) is 0 Å². The summed E-state index contributed by atoms with van der Waals surface area (Å²) in [6.45, 7) is 11.4. The number of benzene rings is 3. The standard InChI is InChI=1S/C33H37ClO2/c1-6-24-19-22(10-15-28(24)31(35)36)7-11-25(20-23-8-13-27(34)14-9-23)26-12-16-29-30(21-26)33(4,5)18-17-32(29,2)3/h7-16,19,21,25H,6,17-18,20H2,1-5H3,(H,35,36). The molecule has 3 aromatic carbocycles. The first-order valence-corrected chi connectivity index (χ1v) is 13.3. The molecule has 0 spiro atoms. The SMILES string of the molecule is CCc1cc(C=CC(Cc2ccc(Cl)cc2)c2ccc3c(c2)C(C)(C)CCC3(C)C)ccc1C(=O)O. The second kappa shape index (κ2) is 10.3. The lowest BCUT2D eigenvalue weighted by atomic mass is 9.62. The fourth-order valence-electron chi connectivity index (χ4n) is 5.45. The van der Waals surface area contributed by atoms with E-state index in [9.17, 15) is 9.90 Å². The van der Waals surface area contributed by atoms with E-state index in [2.05, 4.69) is 70.2 Å². The van der Waals surface area contributed by atoms with Gasteiger partial charge >= 0.3 is 5.97 Å². The summed E-state index contributed by atoms with van der Waals surface area (Å²) in [5.74, 6) is -0.691. The molecule has 188 valence electrons. The maximum Gasteiger partial charge on any atom is 0.335 e. The van der Waals surface area contributed by atoms with Crippen LogP contribution in [0.2, 0.25) is 5.02 Å². The zero-order valence-electron chi connectivity index (χ0n) is 22.1. The molecule has 0 amide bonds. The van der Waals surface area contributed by atoms with Crippen molar-refractivity contribution in [3.05, 3.63) is 111 Å². The molecule has 0 bridgehead atoms. The first-order chi connectivity index (χ1) is 17.0. The second-order valence-electron chi connectivity index (χ2n) is 11.4. The molecule has 0 heterocycles. The van der Waals surface area contributed by atoms with Crippen LogP contribution in [0.25, 0.3) is 6.08 Å². The van der Waals surface area contributed by atoms with Crippen LogP contribution < -0.4 is 0 Å². The van der Waals surface area contributed by atoms with Gasteiger partial charge in [-0.1, -0.05) is 101 Å². The molecule has 0 saturated carbocycles. The van der Waals surface area contributed by atoms with Gasteiger partial charge in [0.15, 0.2) is 0 Å². The molecule has 0 saturated heterocycles. The number of fused-ring (bicyclic) bond motifs is 1. The predicted octanol–water partition coefficient (Wildman–Crippen LogP) is 8.99. The van der Waals surface area contributed by atoms with Crippen molar-refractivity contribution in [1.29, 1.82) is 0 Å². The summed E-state index contributed by atoms with van der Waals surface area (Å²) >= 11 is 6.15. The Morgan fingerprint density at radius 3 is 2.25 bits per heavy atom. The molecular weight excluding hydrogens is 464 g/mol. The van der Waals surface area contributed by atoms with Gasteiger partial charge in [0, 0.05) is 10.9 Å². The van der Waals surface area contributed by atoms with Crippen molar-refractivity contribution < 1.29 is 9.90 Å². The van der Waals surface area contributed by atoms with Crippen LogP contribution in [0.3, 0.4) is 0 Å². The van der Waals surface area contributed by atoms with Gasteiger partial charge in [-0.15, -0.1) is 0 Å². The second-order valence-corrected chi connectivity index (χ2v) is 11.9. The van der Waals surface area contributed by atoms with E-state index in [4.69, 9.17) is 11.6 Å². The normalized spacial score (nSPS) is 17.1. The summed E-state index contributed by atoms with van der Waals surface area (Å²) in [6, 6.07) is 20.8. The summed E-state index contributed by atoms with van der Waals surface area (Å²) in [5.41, 5.74) is 8.08. The highest BCUT2D eigenvalue weighted by atomic mass is 35.5. The molecule has 0 aromatic heterocycles. The van der Waals surface area contributed by atoms with Gasteiger partial charge in [0.2, 0.25) is 0 Å². The minimum absolute atomic E-state index is 0.151. The third kappa shape index (κ3) is 5.60. The Kier molecular flexibility index (Phi) is 7.48. The summed E-state index contributed by atoms with van der Waals surface area (Å²) < 4.78 is 0. The lowest BCUT2D eigenvalue weighted by Crippen LogP contribution is -2.34. The van der Waals surface area contributed by atoms with Crippen LogP contribution in [-0.2, 0) is 23.7 Å². The molecule has 0 fully saturated rings. The Balaban J connectivity index is 1.75. The molecule has 2 nitrogen and oxygen atoms in total. The Hall–Kier alpha value is -2.84. The van der Waals surface area contributed by atoms with Gasteiger partial charge in [-0.3, -0.25) is 0 Å². The van der Waals surface area contributed by atoms with Crippen LogP contribution in [0.15, 0.2) is 66.7 Å². The topological polar surface area (TPSA) is 37.3 Å². The van der Waals surface area contributed by atoms with E-state index in [0.717, 1.165) is 22.6 Å². The van der Waals surface area contributed by atoms with Crippen molar-refractivity contribution in [2.24, 2.45) is 0 Å². The number of halogens is 1. The van der Waals surface area contributed by atoms with E-state index < -0.39 is 5.97 Å². The van der Waals surface area contributed by atoms with Crippen molar-refractivity contribution in [3.8, 4) is 0 Å². The van der Waals surface area contributed by atoms with Gasteiger partial charge in [0.1, 0.15) is 0 Å². The number of allylic oxidation sites excluding steroid dienone is 1. The molecule has 1 aliphatic rings. The largest absolute Gasteiger partial charge is 0.478 e. The molecule has 3 aromatic rings. The summed E-state index contributed by atoms with van der Waals surface area (Å²) in [4.78, 5) is 11.6. The molecule has 0 radical (unpaired) electrons. The third-order valence-corrected chi connectivity index (χ3v) is 8.19. The van der Waals surface area contributed by atoms with Crippen molar-refractivity contribution in [3.63, 3.8) is 0 Å². The minimum atomic E-state index is -0.873. The number of aryl methyl sites for hydroxylation is 1. The number of hydrogen-bond donors (Lipinski definition) is 1. The molecule has 0 aliphatic heterocycles. The molecule has 1 aliphatic carbocycles. The Labute approximate surface area is 221 Å². The van der Waals surface area contributed by atoms with Crippen molar-refractivity contribution in [2.45, 2.75) is 77.0 Å².